The molecular weight excluding hydrogens is 218 g/mol. The molecule has 0 aromatic heterocycles. The Bertz CT molecular complexity index is 296. The number of carbonyl (C=O) groups excluding carboxylic acids is 1. The van der Waals surface area contributed by atoms with Crippen LogP contribution in [0.4, 0.5) is 0 Å². The first-order valence-electron chi connectivity index (χ1n) is 5.77. The van der Waals surface area contributed by atoms with E-state index >= 15 is 0 Å². The van der Waals surface area contributed by atoms with Gasteiger partial charge in [0.25, 0.3) is 0 Å². The van der Waals surface area contributed by atoms with Crippen LogP contribution in [0.25, 0.3) is 0 Å². The molecule has 4 heteroatoms. The minimum atomic E-state index is 0.182. The summed E-state index contributed by atoms with van der Waals surface area (Å²) in [4.78, 5) is 13.3. The Morgan fingerprint density at radius 1 is 1.47 bits per heavy atom. The van der Waals surface area contributed by atoms with E-state index in [1.807, 2.05) is 11.0 Å². The van der Waals surface area contributed by atoms with Crippen molar-refractivity contribution in [2.75, 3.05) is 39.5 Å². The highest BCUT2D eigenvalue weighted by Crippen LogP contribution is 2.17. The first-order chi connectivity index (χ1) is 8.27. The zero-order valence-corrected chi connectivity index (χ0v) is 10.1. The molecule has 94 valence electrons. The summed E-state index contributed by atoms with van der Waals surface area (Å²) in [6.07, 6.45) is 7.44. The van der Waals surface area contributed by atoms with Gasteiger partial charge < -0.3 is 14.4 Å². The average molecular weight is 237 g/mol. The van der Waals surface area contributed by atoms with Crippen LogP contribution < -0.4 is 0 Å². The molecule has 1 fully saturated rings. The lowest BCUT2D eigenvalue weighted by atomic mass is 10.1. The molecule has 1 heterocycles. The van der Waals surface area contributed by atoms with E-state index in [4.69, 9.17) is 15.9 Å². The van der Waals surface area contributed by atoms with E-state index in [1.165, 1.54) is 0 Å². The Morgan fingerprint density at radius 2 is 2.24 bits per heavy atom. The SMILES string of the molecule is C#CCOCCOCCN1CC(C=C)CC1=O. The van der Waals surface area contributed by atoms with Crippen LogP contribution in [0, 0.1) is 18.3 Å². The number of nitrogens with zero attached hydrogens (tertiary/aromatic N) is 1. The second-order valence-corrected chi connectivity index (χ2v) is 3.91. The van der Waals surface area contributed by atoms with E-state index in [0.29, 0.717) is 45.3 Å². The van der Waals surface area contributed by atoms with Gasteiger partial charge in [-0.2, -0.15) is 0 Å². The van der Waals surface area contributed by atoms with Gasteiger partial charge in [0, 0.05) is 25.4 Å². The van der Waals surface area contributed by atoms with Crippen molar-refractivity contribution in [2.45, 2.75) is 6.42 Å². The summed E-state index contributed by atoms with van der Waals surface area (Å²) in [5.74, 6) is 2.86. The van der Waals surface area contributed by atoms with Crippen LogP contribution in [0.3, 0.4) is 0 Å². The molecule has 17 heavy (non-hydrogen) atoms. The van der Waals surface area contributed by atoms with Crippen molar-refractivity contribution in [3.05, 3.63) is 12.7 Å². The van der Waals surface area contributed by atoms with Gasteiger partial charge in [-0.15, -0.1) is 13.0 Å². The molecule has 1 atom stereocenters. The van der Waals surface area contributed by atoms with E-state index in [1.54, 1.807) is 0 Å². The van der Waals surface area contributed by atoms with Gasteiger partial charge in [0.2, 0.25) is 5.91 Å². The van der Waals surface area contributed by atoms with Gasteiger partial charge in [-0.25, -0.2) is 0 Å². The maximum absolute atomic E-state index is 11.5. The molecule has 4 nitrogen and oxygen atoms in total. The molecule has 0 N–H and O–H groups in total. The Kier molecular flexibility index (Phi) is 6.38. The molecule has 1 unspecified atom stereocenters. The topological polar surface area (TPSA) is 38.8 Å². The standard InChI is InChI=1S/C13H19NO3/c1-3-6-16-8-9-17-7-5-14-11-12(4-2)10-13(14)15/h1,4,12H,2,5-11H2. The van der Waals surface area contributed by atoms with Crippen LogP contribution in [0.5, 0.6) is 0 Å². The quantitative estimate of drug-likeness (QED) is 0.354. The highest BCUT2D eigenvalue weighted by atomic mass is 16.5. The molecule has 1 rings (SSSR count). The van der Waals surface area contributed by atoms with Crippen LogP contribution in [-0.2, 0) is 14.3 Å². The van der Waals surface area contributed by atoms with Crippen LogP contribution >= 0.6 is 0 Å². The van der Waals surface area contributed by atoms with Crippen LogP contribution in [-0.4, -0.2) is 50.3 Å². The van der Waals surface area contributed by atoms with Gasteiger partial charge in [0.15, 0.2) is 0 Å². The number of carbonyl (C=O) groups is 1. The van der Waals surface area contributed by atoms with Crippen LogP contribution in [0.15, 0.2) is 12.7 Å². The smallest absolute Gasteiger partial charge is 0.223 e. The zero-order valence-electron chi connectivity index (χ0n) is 10.1. The lowest BCUT2D eigenvalue weighted by molar-refractivity contribution is -0.128. The summed E-state index contributed by atoms with van der Waals surface area (Å²) in [5.41, 5.74) is 0. The van der Waals surface area contributed by atoms with Crippen molar-refractivity contribution >= 4 is 5.91 Å². The lowest BCUT2D eigenvalue weighted by Crippen LogP contribution is -2.29. The first-order valence-corrected chi connectivity index (χ1v) is 5.77. The Morgan fingerprint density at radius 3 is 2.88 bits per heavy atom. The lowest BCUT2D eigenvalue weighted by Gasteiger charge is -2.15. The summed E-state index contributed by atoms with van der Waals surface area (Å²) < 4.78 is 10.4. The van der Waals surface area contributed by atoms with Crippen molar-refractivity contribution in [2.24, 2.45) is 5.92 Å². The zero-order chi connectivity index (χ0) is 12.5. The second-order valence-electron chi connectivity index (χ2n) is 3.91. The second kappa shape index (κ2) is 7.88. The normalized spacial score (nSPS) is 19.4. The van der Waals surface area contributed by atoms with E-state index in [0.717, 1.165) is 6.54 Å². The predicted octanol–water partition coefficient (Wildman–Crippen LogP) is 0.687. The molecule has 1 aliphatic rings. The number of amides is 1. The van der Waals surface area contributed by atoms with Gasteiger partial charge in [0.1, 0.15) is 6.61 Å². The average Bonchev–Trinajstić information content (AvgIpc) is 2.69. The summed E-state index contributed by atoms with van der Waals surface area (Å²) >= 11 is 0. The fourth-order valence-electron chi connectivity index (χ4n) is 1.70. The molecule has 0 aromatic rings. The van der Waals surface area contributed by atoms with Crippen molar-refractivity contribution in [3.8, 4) is 12.3 Å². The molecule has 0 saturated carbocycles. The van der Waals surface area contributed by atoms with E-state index in [2.05, 4.69) is 12.5 Å². The highest BCUT2D eigenvalue weighted by Gasteiger charge is 2.26. The monoisotopic (exact) mass is 237 g/mol. The van der Waals surface area contributed by atoms with Crippen molar-refractivity contribution in [3.63, 3.8) is 0 Å². The fourth-order valence-corrected chi connectivity index (χ4v) is 1.70. The maximum atomic E-state index is 11.5. The summed E-state index contributed by atoms with van der Waals surface area (Å²) in [7, 11) is 0. The Balaban J connectivity index is 2.02. The van der Waals surface area contributed by atoms with Crippen LogP contribution in [0.1, 0.15) is 6.42 Å². The number of hydrogen-bond donors (Lipinski definition) is 0. The van der Waals surface area contributed by atoms with Gasteiger partial charge in [-0.1, -0.05) is 12.0 Å². The van der Waals surface area contributed by atoms with Crippen LogP contribution in [0.2, 0.25) is 0 Å². The summed E-state index contributed by atoms with van der Waals surface area (Å²) in [6, 6.07) is 0. The van der Waals surface area contributed by atoms with Gasteiger partial charge in [-0.05, 0) is 0 Å². The third-order valence-corrected chi connectivity index (χ3v) is 2.64. The molecular formula is C13H19NO3. The molecule has 0 aromatic carbocycles. The minimum Gasteiger partial charge on any atom is -0.377 e. The van der Waals surface area contributed by atoms with E-state index in [-0.39, 0.29) is 5.91 Å². The Labute approximate surface area is 103 Å². The molecule has 0 spiro atoms. The number of ether oxygens (including phenoxy) is 2. The summed E-state index contributed by atoms with van der Waals surface area (Å²) in [6.45, 7) is 6.96. The minimum absolute atomic E-state index is 0.182. The van der Waals surface area contributed by atoms with Crippen molar-refractivity contribution in [1.29, 1.82) is 0 Å². The van der Waals surface area contributed by atoms with E-state index < -0.39 is 0 Å². The van der Waals surface area contributed by atoms with Gasteiger partial charge in [0.05, 0.1) is 19.8 Å². The predicted molar refractivity (Wildman–Crippen MR) is 65.4 cm³/mol. The van der Waals surface area contributed by atoms with Gasteiger partial charge >= 0.3 is 0 Å². The number of hydrogen-bond acceptors (Lipinski definition) is 3. The molecule has 1 amide bonds. The fraction of sp³-hybridized carbons (Fsp3) is 0.615. The van der Waals surface area contributed by atoms with Gasteiger partial charge in [-0.3, -0.25) is 4.79 Å². The number of terminal acetylenes is 1. The first kappa shape index (κ1) is 13.8. The van der Waals surface area contributed by atoms with E-state index in [9.17, 15) is 4.79 Å². The molecule has 1 aliphatic heterocycles. The van der Waals surface area contributed by atoms with Crippen molar-refractivity contribution < 1.29 is 14.3 Å². The maximum Gasteiger partial charge on any atom is 0.223 e. The number of rotatable bonds is 8. The molecule has 1 saturated heterocycles. The third-order valence-electron chi connectivity index (χ3n) is 2.64. The molecule has 0 bridgehead atoms. The molecule has 0 radical (unpaired) electrons. The third kappa shape index (κ3) is 5.03. The number of likely N-dealkylation sites (tertiary alicyclic amines) is 1. The highest BCUT2D eigenvalue weighted by molar-refractivity contribution is 5.78. The van der Waals surface area contributed by atoms with Crippen molar-refractivity contribution in [1.82, 2.24) is 4.90 Å². The molecule has 0 aliphatic carbocycles. The Hall–Kier alpha value is -1.31. The summed E-state index contributed by atoms with van der Waals surface area (Å²) in [5, 5.41) is 0. The largest absolute Gasteiger partial charge is 0.377 e.